The van der Waals surface area contributed by atoms with E-state index in [1.54, 1.807) is 22.8 Å². The number of hydrogen-bond donors (Lipinski definition) is 2. The van der Waals surface area contributed by atoms with Gasteiger partial charge in [-0.05, 0) is 24.6 Å². The zero-order chi connectivity index (χ0) is 18.6. The molecule has 9 heteroatoms. The molecule has 1 aromatic carbocycles. The molecule has 1 aliphatic heterocycles. The Morgan fingerprint density at radius 3 is 2.81 bits per heavy atom. The van der Waals surface area contributed by atoms with E-state index in [9.17, 15) is 13.2 Å². The Hall–Kier alpha value is -2.52. The van der Waals surface area contributed by atoms with Gasteiger partial charge in [0.05, 0.1) is 7.11 Å². The molecule has 0 fully saturated rings. The van der Waals surface area contributed by atoms with E-state index >= 15 is 0 Å². The molecule has 0 saturated carbocycles. The number of benzene rings is 1. The second kappa shape index (κ2) is 7.79. The van der Waals surface area contributed by atoms with Crippen LogP contribution in [0, 0.1) is 0 Å². The fraction of sp³-hybridized carbons (Fsp3) is 0.353. The number of aryl methyl sites for hydroxylation is 1. The summed E-state index contributed by atoms with van der Waals surface area (Å²) in [6.45, 7) is 1.42. The molecule has 1 aliphatic rings. The highest BCUT2D eigenvalue weighted by atomic mass is 32.2. The van der Waals surface area contributed by atoms with Crippen LogP contribution < -0.4 is 19.5 Å². The fourth-order valence-corrected chi connectivity index (χ4v) is 3.76. The van der Waals surface area contributed by atoms with Gasteiger partial charge >= 0.3 is 0 Å². The Balaban J connectivity index is 1.61. The molecule has 1 amide bonds. The first-order valence-electron chi connectivity index (χ1n) is 8.25. The van der Waals surface area contributed by atoms with E-state index in [4.69, 9.17) is 9.47 Å². The predicted molar refractivity (Wildman–Crippen MR) is 95.1 cm³/mol. The lowest BCUT2D eigenvalue weighted by Crippen LogP contribution is -2.28. The molecule has 0 radical (unpaired) electrons. The Kier molecular flexibility index (Phi) is 5.48. The minimum atomic E-state index is -3.72. The maximum absolute atomic E-state index is 12.4. The molecule has 0 saturated heterocycles. The smallest absolute Gasteiger partial charge is 0.267 e. The molecule has 2 N–H and O–H groups in total. The largest absolute Gasteiger partial charge is 0.493 e. The van der Waals surface area contributed by atoms with Crippen LogP contribution in [0.15, 0.2) is 41.4 Å². The van der Waals surface area contributed by atoms with E-state index in [1.807, 2.05) is 6.07 Å². The molecule has 8 nitrogen and oxygen atoms in total. The Morgan fingerprint density at radius 2 is 2.04 bits per heavy atom. The van der Waals surface area contributed by atoms with Crippen LogP contribution in [0.25, 0.3) is 0 Å². The van der Waals surface area contributed by atoms with Crippen LogP contribution >= 0.6 is 0 Å². The number of para-hydroxylation sites is 2. The number of hydrogen-bond acceptors (Lipinski definition) is 5. The lowest BCUT2D eigenvalue weighted by atomic mass is 10.3. The summed E-state index contributed by atoms with van der Waals surface area (Å²) in [6, 6.07) is 8.53. The number of nitrogens with one attached hydrogen (secondary N) is 2. The van der Waals surface area contributed by atoms with Crippen LogP contribution in [0.5, 0.6) is 11.5 Å². The van der Waals surface area contributed by atoms with Crippen molar-refractivity contribution in [3.05, 3.63) is 42.2 Å². The van der Waals surface area contributed by atoms with Crippen molar-refractivity contribution < 1.29 is 22.7 Å². The van der Waals surface area contributed by atoms with E-state index < -0.39 is 10.0 Å². The lowest BCUT2D eigenvalue weighted by Gasteiger charge is -2.10. The van der Waals surface area contributed by atoms with Gasteiger partial charge in [0, 0.05) is 25.8 Å². The first-order chi connectivity index (χ1) is 12.5. The van der Waals surface area contributed by atoms with Gasteiger partial charge in [0.1, 0.15) is 17.2 Å². The third-order valence-electron chi connectivity index (χ3n) is 4.00. The monoisotopic (exact) mass is 379 g/mol. The van der Waals surface area contributed by atoms with Gasteiger partial charge in [-0.2, -0.15) is 0 Å². The number of methoxy groups -OCH3 is 1. The second-order valence-corrected chi connectivity index (χ2v) is 7.53. The number of amides is 1. The van der Waals surface area contributed by atoms with Gasteiger partial charge < -0.3 is 19.4 Å². The summed E-state index contributed by atoms with van der Waals surface area (Å²) >= 11 is 0. The zero-order valence-electron chi connectivity index (χ0n) is 14.4. The molecular formula is C17H21N3O5S. The summed E-state index contributed by atoms with van der Waals surface area (Å²) in [5, 5.41) is 2.74. The SMILES string of the molecule is COc1ccccc1OCCNS(=O)(=O)c1cc2n(c1)CCCNC2=O. The highest BCUT2D eigenvalue weighted by molar-refractivity contribution is 7.89. The van der Waals surface area contributed by atoms with Gasteiger partial charge in [-0.3, -0.25) is 4.79 Å². The molecule has 0 unspecified atom stereocenters. The molecular weight excluding hydrogens is 358 g/mol. The highest BCUT2D eigenvalue weighted by Gasteiger charge is 2.22. The van der Waals surface area contributed by atoms with E-state index in [1.165, 1.54) is 19.4 Å². The van der Waals surface area contributed by atoms with Crippen molar-refractivity contribution in [2.24, 2.45) is 0 Å². The van der Waals surface area contributed by atoms with Gasteiger partial charge in [0.15, 0.2) is 11.5 Å². The van der Waals surface area contributed by atoms with Crippen molar-refractivity contribution >= 4 is 15.9 Å². The number of aromatic nitrogens is 1. The summed E-state index contributed by atoms with van der Waals surface area (Å²) < 4.78 is 39.8. The number of nitrogens with zero attached hydrogens (tertiary/aromatic N) is 1. The zero-order valence-corrected chi connectivity index (χ0v) is 15.2. The van der Waals surface area contributed by atoms with Gasteiger partial charge in [-0.25, -0.2) is 13.1 Å². The molecule has 3 rings (SSSR count). The minimum Gasteiger partial charge on any atom is -0.493 e. The quantitative estimate of drug-likeness (QED) is 0.699. The molecule has 0 spiro atoms. The van der Waals surface area contributed by atoms with Gasteiger partial charge in [0.2, 0.25) is 10.0 Å². The predicted octanol–water partition coefficient (Wildman–Crippen LogP) is 0.987. The molecule has 26 heavy (non-hydrogen) atoms. The standard InChI is InChI=1S/C17H21N3O5S/c1-24-15-5-2-3-6-16(15)25-10-8-19-26(22,23)13-11-14-17(21)18-7-4-9-20(14)12-13/h2-3,5-6,11-12,19H,4,7-10H2,1H3,(H,18,21). The van der Waals surface area contributed by atoms with E-state index in [2.05, 4.69) is 10.0 Å². The number of fused-ring (bicyclic) bond motifs is 1. The van der Waals surface area contributed by atoms with Crippen molar-refractivity contribution in [1.29, 1.82) is 0 Å². The van der Waals surface area contributed by atoms with Gasteiger partial charge in [-0.15, -0.1) is 0 Å². The first-order valence-corrected chi connectivity index (χ1v) is 9.73. The molecule has 0 aliphatic carbocycles. The van der Waals surface area contributed by atoms with Crippen LogP contribution in [0.1, 0.15) is 16.9 Å². The van der Waals surface area contributed by atoms with Crippen LogP contribution in [0.3, 0.4) is 0 Å². The van der Waals surface area contributed by atoms with Crippen molar-refractivity contribution in [3.8, 4) is 11.5 Å². The second-order valence-electron chi connectivity index (χ2n) is 5.76. The Bertz CT molecular complexity index is 892. The normalized spacial score (nSPS) is 14.3. The molecule has 1 aromatic heterocycles. The number of rotatable bonds is 7. The average Bonchev–Trinajstić information content (AvgIpc) is 3.00. The number of carbonyl (C=O) groups is 1. The first kappa shape index (κ1) is 18.3. The Labute approximate surface area is 152 Å². The van der Waals surface area contributed by atoms with Crippen molar-refractivity contribution in [1.82, 2.24) is 14.6 Å². The third kappa shape index (κ3) is 4.00. The van der Waals surface area contributed by atoms with E-state index in [0.29, 0.717) is 30.3 Å². The maximum Gasteiger partial charge on any atom is 0.267 e. The number of sulfonamides is 1. The minimum absolute atomic E-state index is 0.0711. The molecule has 0 bridgehead atoms. The Morgan fingerprint density at radius 1 is 1.27 bits per heavy atom. The van der Waals surface area contributed by atoms with Crippen molar-refractivity contribution in [3.63, 3.8) is 0 Å². The number of carbonyl (C=O) groups excluding carboxylic acids is 1. The fourth-order valence-electron chi connectivity index (χ4n) is 2.71. The molecule has 2 heterocycles. The summed E-state index contributed by atoms with van der Waals surface area (Å²) in [5.41, 5.74) is 0.355. The average molecular weight is 379 g/mol. The topological polar surface area (TPSA) is 98.7 Å². The number of ether oxygens (including phenoxy) is 2. The van der Waals surface area contributed by atoms with Crippen molar-refractivity contribution in [2.75, 3.05) is 26.8 Å². The molecule has 0 atom stereocenters. The highest BCUT2D eigenvalue weighted by Crippen LogP contribution is 2.25. The van der Waals surface area contributed by atoms with Crippen LogP contribution in [0.4, 0.5) is 0 Å². The molecule has 2 aromatic rings. The summed E-state index contributed by atoms with van der Waals surface area (Å²) in [5.74, 6) is 0.863. The molecule has 140 valence electrons. The maximum atomic E-state index is 12.4. The van der Waals surface area contributed by atoms with E-state index in [0.717, 1.165) is 6.42 Å². The van der Waals surface area contributed by atoms with Crippen LogP contribution in [-0.4, -0.2) is 45.7 Å². The van der Waals surface area contributed by atoms with E-state index in [-0.39, 0.29) is 24.0 Å². The van der Waals surface area contributed by atoms with Gasteiger partial charge in [-0.1, -0.05) is 12.1 Å². The summed E-state index contributed by atoms with van der Waals surface area (Å²) in [7, 11) is -2.18. The van der Waals surface area contributed by atoms with Crippen LogP contribution in [0.2, 0.25) is 0 Å². The summed E-state index contributed by atoms with van der Waals surface area (Å²) in [6.07, 6.45) is 2.25. The van der Waals surface area contributed by atoms with Gasteiger partial charge in [0.25, 0.3) is 5.91 Å². The summed E-state index contributed by atoms with van der Waals surface area (Å²) in [4.78, 5) is 12.0. The third-order valence-corrected chi connectivity index (χ3v) is 5.42. The lowest BCUT2D eigenvalue weighted by molar-refractivity contribution is 0.0951. The van der Waals surface area contributed by atoms with Crippen molar-refractivity contribution in [2.45, 2.75) is 17.9 Å². The van der Waals surface area contributed by atoms with Crippen LogP contribution in [-0.2, 0) is 16.6 Å².